The van der Waals surface area contributed by atoms with Crippen LogP contribution in [0.2, 0.25) is 0 Å². The fourth-order valence-corrected chi connectivity index (χ4v) is 1.44. The summed E-state index contributed by atoms with van der Waals surface area (Å²) in [7, 11) is 0. The number of ether oxygens (including phenoxy) is 2. The molecule has 0 saturated heterocycles. The Labute approximate surface area is 79.4 Å². The first-order chi connectivity index (χ1) is 6.33. The van der Waals surface area contributed by atoms with Crippen LogP contribution in [0.5, 0.6) is 0 Å². The highest BCUT2D eigenvalue weighted by atomic mass is 16.5. The highest BCUT2D eigenvalue weighted by molar-refractivity contribution is 5.81. The van der Waals surface area contributed by atoms with Crippen LogP contribution in [0.15, 0.2) is 0 Å². The van der Waals surface area contributed by atoms with E-state index in [9.17, 15) is 4.79 Å². The van der Waals surface area contributed by atoms with Gasteiger partial charge in [0.25, 0.3) is 0 Å². The number of carbonyl (C=O) groups excluding carboxylic acids is 1. The highest BCUT2D eigenvalue weighted by Crippen LogP contribution is 2.17. The fraction of sp³-hybridized carbons (Fsp3) is 0.900. The van der Waals surface area contributed by atoms with E-state index in [-0.39, 0.29) is 6.10 Å². The van der Waals surface area contributed by atoms with Gasteiger partial charge in [-0.25, -0.2) is 0 Å². The van der Waals surface area contributed by atoms with Crippen molar-refractivity contribution in [3.05, 3.63) is 0 Å². The molecule has 1 saturated carbocycles. The van der Waals surface area contributed by atoms with Crippen molar-refractivity contribution in [1.82, 2.24) is 0 Å². The number of ketones is 1. The maximum Gasteiger partial charge on any atom is 0.135 e. The van der Waals surface area contributed by atoms with Crippen LogP contribution in [0.25, 0.3) is 0 Å². The van der Waals surface area contributed by atoms with Crippen LogP contribution in [-0.4, -0.2) is 31.7 Å². The number of carbonyl (C=O) groups is 1. The Bertz CT molecular complexity index is 156. The van der Waals surface area contributed by atoms with E-state index < -0.39 is 0 Å². The van der Waals surface area contributed by atoms with Crippen LogP contribution in [-0.2, 0) is 14.3 Å². The summed E-state index contributed by atoms with van der Waals surface area (Å²) >= 11 is 0. The van der Waals surface area contributed by atoms with E-state index in [4.69, 9.17) is 9.47 Å². The molecule has 1 aliphatic rings. The molecule has 1 rings (SSSR count). The molecule has 1 fully saturated rings. The van der Waals surface area contributed by atoms with Crippen molar-refractivity contribution in [3.63, 3.8) is 0 Å². The van der Waals surface area contributed by atoms with Gasteiger partial charge in [-0.15, -0.1) is 0 Å². The first-order valence-electron chi connectivity index (χ1n) is 5.04. The molecule has 0 heterocycles. The molecule has 0 spiro atoms. The first-order valence-corrected chi connectivity index (χ1v) is 5.04. The van der Waals surface area contributed by atoms with Crippen molar-refractivity contribution in [2.24, 2.45) is 0 Å². The zero-order valence-electron chi connectivity index (χ0n) is 8.25. The average Bonchev–Trinajstić information content (AvgIpc) is 2.51. The summed E-state index contributed by atoms with van der Waals surface area (Å²) in [4.78, 5) is 10.9. The average molecular weight is 186 g/mol. The molecule has 1 atom stereocenters. The standard InChI is InChI=1S/C10H18O3/c1-2-5-12-6-7-13-10-4-3-9(11)8-10/h10H,2-8H2,1H3. The van der Waals surface area contributed by atoms with Crippen LogP contribution >= 0.6 is 0 Å². The van der Waals surface area contributed by atoms with Gasteiger partial charge in [0.15, 0.2) is 0 Å². The van der Waals surface area contributed by atoms with Crippen molar-refractivity contribution in [3.8, 4) is 0 Å². The normalized spacial score (nSPS) is 22.5. The van der Waals surface area contributed by atoms with Gasteiger partial charge in [-0.2, -0.15) is 0 Å². The Morgan fingerprint density at radius 3 is 2.85 bits per heavy atom. The van der Waals surface area contributed by atoms with Crippen molar-refractivity contribution < 1.29 is 14.3 Å². The molecular formula is C10H18O3. The molecule has 0 bridgehead atoms. The zero-order chi connectivity index (χ0) is 9.52. The predicted molar refractivity (Wildman–Crippen MR) is 49.7 cm³/mol. The SMILES string of the molecule is CCCOCCOC1CCC(=O)C1. The maximum absolute atomic E-state index is 10.9. The summed E-state index contributed by atoms with van der Waals surface area (Å²) in [5.74, 6) is 0.333. The van der Waals surface area contributed by atoms with E-state index in [0.29, 0.717) is 31.8 Å². The molecule has 0 N–H and O–H groups in total. The van der Waals surface area contributed by atoms with Crippen molar-refractivity contribution in [2.75, 3.05) is 19.8 Å². The van der Waals surface area contributed by atoms with Gasteiger partial charge in [-0.05, 0) is 12.8 Å². The minimum absolute atomic E-state index is 0.165. The molecule has 1 unspecified atom stereocenters. The second-order valence-electron chi connectivity index (χ2n) is 3.39. The molecule has 0 aromatic carbocycles. The largest absolute Gasteiger partial charge is 0.379 e. The van der Waals surface area contributed by atoms with Gasteiger partial charge >= 0.3 is 0 Å². The molecule has 13 heavy (non-hydrogen) atoms. The third-order valence-corrected chi connectivity index (χ3v) is 2.13. The highest BCUT2D eigenvalue weighted by Gasteiger charge is 2.21. The number of hydrogen-bond donors (Lipinski definition) is 0. The molecule has 0 aliphatic heterocycles. The predicted octanol–water partition coefficient (Wildman–Crippen LogP) is 1.55. The molecule has 0 amide bonds. The number of rotatable bonds is 6. The molecule has 0 aromatic heterocycles. The molecule has 1 aliphatic carbocycles. The van der Waals surface area contributed by atoms with Gasteiger partial charge in [-0.3, -0.25) is 4.79 Å². The monoisotopic (exact) mass is 186 g/mol. The van der Waals surface area contributed by atoms with Crippen LogP contribution < -0.4 is 0 Å². The number of Topliss-reactive ketones (excluding diaryl/α,β-unsaturated/α-hetero) is 1. The Kier molecular flexibility index (Phi) is 5.01. The zero-order valence-corrected chi connectivity index (χ0v) is 8.25. The summed E-state index contributed by atoms with van der Waals surface area (Å²) in [6.07, 6.45) is 3.40. The van der Waals surface area contributed by atoms with Crippen LogP contribution in [0.1, 0.15) is 32.6 Å². The Balaban J connectivity index is 1.91. The van der Waals surface area contributed by atoms with Gasteiger partial charge in [0.1, 0.15) is 5.78 Å². The second-order valence-corrected chi connectivity index (χ2v) is 3.39. The van der Waals surface area contributed by atoms with E-state index in [0.717, 1.165) is 19.4 Å². The van der Waals surface area contributed by atoms with E-state index in [1.54, 1.807) is 0 Å². The van der Waals surface area contributed by atoms with E-state index in [1.165, 1.54) is 0 Å². The van der Waals surface area contributed by atoms with Crippen molar-refractivity contribution in [2.45, 2.75) is 38.7 Å². The van der Waals surface area contributed by atoms with E-state index in [1.807, 2.05) is 0 Å². The molecular weight excluding hydrogens is 168 g/mol. The van der Waals surface area contributed by atoms with Gasteiger partial charge in [0, 0.05) is 19.4 Å². The van der Waals surface area contributed by atoms with Gasteiger partial charge in [0.2, 0.25) is 0 Å². The smallest absolute Gasteiger partial charge is 0.135 e. The molecule has 0 aromatic rings. The van der Waals surface area contributed by atoms with Crippen LogP contribution in [0, 0.1) is 0 Å². The summed E-state index contributed by atoms with van der Waals surface area (Å²) < 4.78 is 10.7. The number of hydrogen-bond acceptors (Lipinski definition) is 3. The lowest BCUT2D eigenvalue weighted by Gasteiger charge is -2.09. The van der Waals surface area contributed by atoms with Crippen LogP contribution in [0.3, 0.4) is 0 Å². The minimum Gasteiger partial charge on any atom is -0.379 e. The fourth-order valence-electron chi connectivity index (χ4n) is 1.44. The van der Waals surface area contributed by atoms with Crippen LogP contribution in [0.4, 0.5) is 0 Å². The van der Waals surface area contributed by atoms with Gasteiger partial charge < -0.3 is 9.47 Å². The van der Waals surface area contributed by atoms with Gasteiger partial charge in [0.05, 0.1) is 19.3 Å². The Morgan fingerprint density at radius 2 is 2.23 bits per heavy atom. The topological polar surface area (TPSA) is 35.5 Å². The first kappa shape index (κ1) is 10.7. The lowest BCUT2D eigenvalue weighted by Crippen LogP contribution is -2.13. The van der Waals surface area contributed by atoms with E-state index >= 15 is 0 Å². The van der Waals surface area contributed by atoms with E-state index in [2.05, 4.69) is 6.92 Å². The summed E-state index contributed by atoms with van der Waals surface area (Å²) in [5.41, 5.74) is 0. The summed E-state index contributed by atoms with van der Waals surface area (Å²) in [6, 6.07) is 0. The van der Waals surface area contributed by atoms with Crippen molar-refractivity contribution in [1.29, 1.82) is 0 Å². The van der Waals surface area contributed by atoms with Gasteiger partial charge in [-0.1, -0.05) is 6.92 Å². The quantitative estimate of drug-likeness (QED) is 0.590. The van der Waals surface area contributed by atoms with Crippen molar-refractivity contribution >= 4 is 5.78 Å². The Hall–Kier alpha value is -0.410. The third kappa shape index (κ3) is 4.39. The molecule has 3 heteroatoms. The lowest BCUT2D eigenvalue weighted by molar-refractivity contribution is -0.118. The third-order valence-electron chi connectivity index (χ3n) is 2.13. The summed E-state index contributed by atoms with van der Waals surface area (Å²) in [5, 5.41) is 0. The maximum atomic E-state index is 10.9. The summed E-state index contributed by atoms with van der Waals surface area (Å²) in [6.45, 7) is 4.15. The molecule has 76 valence electrons. The Morgan fingerprint density at radius 1 is 1.38 bits per heavy atom. The minimum atomic E-state index is 0.165. The molecule has 0 radical (unpaired) electrons. The molecule has 3 nitrogen and oxygen atoms in total. The second kappa shape index (κ2) is 6.11. The lowest BCUT2D eigenvalue weighted by atomic mass is 10.3.